The van der Waals surface area contributed by atoms with Crippen molar-refractivity contribution >= 4 is 28.5 Å². The molecule has 172 valence electrons. The second-order valence-corrected chi connectivity index (χ2v) is 9.87. The van der Waals surface area contributed by atoms with Gasteiger partial charge in [-0.1, -0.05) is 26.0 Å². The number of rotatable bonds is 4. The first kappa shape index (κ1) is 21.4. The number of anilines is 1. The Kier molecular flexibility index (Phi) is 4.92. The monoisotopic (exact) mass is 447 g/mol. The fourth-order valence-corrected chi connectivity index (χ4v) is 4.87. The number of imidazole rings is 1. The molecule has 0 unspecified atom stereocenters. The number of benzene rings is 1. The lowest BCUT2D eigenvalue weighted by Crippen LogP contribution is -2.39. The zero-order chi connectivity index (χ0) is 23.5. The van der Waals surface area contributed by atoms with E-state index in [4.69, 9.17) is 9.72 Å². The van der Waals surface area contributed by atoms with E-state index in [1.165, 1.54) is 0 Å². The number of hydrogen-bond acceptors (Lipinski definition) is 5. The minimum atomic E-state index is -0.216. The van der Waals surface area contributed by atoms with Crippen LogP contribution in [0.5, 0.6) is 5.88 Å². The van der Waals surface area contributed by atoms with E-state index in [2.05, 4.69) is 30.2 Å². The van der Waals surface area contributed by atoms with Gasteiger partial charge in [0.25, 0.3) is 0 Å². The van der Waals surface area contributed by atoms with Gasteiger partial charge in [0.1, 0.15) is 11.6 Å². The van der Waals surface area contributed by atoms with Gasteiger partial charge in [-0.25, -0.2) is 9.97 Å². The Morgan fingerprint density at radius 3 is 2.73 bits per heavy atom. The number of hydrogen-bond donors (Lipinski definition) is 1. The van der Waals surface area contributed by atoms with Crippen LogP contribution >= 0.6 is 0 Å². The summed E-state index contributed by atoms with van der Waals surface area (Å²) in [6, 6.07) is 8.12. The number of carbonyl (C=O) groups is 2. The second-order valence-electron chi connectivity index (χ2n) is 9.87. The minimum absolute atomic E-state index is 0.0542. The molecule has 0 bridgehead atoms. The Hall–Kier alpha value is -3.42. The third-order valence-corrected chi connectivity index (χ3v) is 6.98. The molecule has 2 aromatic heterocycles. The number of ether oxygens (including phenoxy) is 1. The number of carbonyl (C=O) groups excluding carboxylic acids is 2. The van der Waals surface area contributed by atoms with Crippen molar-refractivity contribution in [1.82, 2.24) is 19.9 Å². The molecule has 0 aliphatic carbocycles. The summed E-state index contributed by atoms with van der Waals surface area (Å²) in [5, 5.41) is 2.87. The van der Waals surface area contributed by atoms with E-state index >= 15 is 0 Å². The first-order valence-corrected chi connectivity index (χ1v) is 11.3. The van der Waals surface area contributed by atoms with Gasteiger partial charge in [0.05, 0.1) is 17.5 Å². The average Bonchev–Trinajstić information content (AvgIpc) is 3.37. The molecule has 8 nitrogen and oxygen atoms in total. The maximum Gasteiger partial charge on any atom is 0.241 e. The van der Waals surface area contributed by atoms with Gasteiger partial charge in [0.15, 0.2) is 0 Å². The van der Waals surface area contributed by atoms with Crippen molar-refractivity contribution in [2.24, 2.45) is 13.0 Å². The maximum absolute atomic E-state index is 12.6. The van der Waals surface area contributed by atoms with Crippen molar-refractivity contribution in [1.29, 1.82) is 0 Å². The van der Waals surface area contributed by atoms with E-state index in [1.807, 2.05) is 43.8 Å². The summed E-state index contributed by atoms with van der Waals surface area (Å²) in [6.45, 7) is 6.79. The summed E-state index contributed by atoms with van der Waals surface area (Å²) < 4.78 is 8.21. The number of fused-ring (bicyclic) bond motifs is 2. The van der Waals surface area contributed by atoms with E-state index < -0.39 is 0 Å². The van der Waals surface area contributed by atoms with Crippen molar-refractivity contribution in [3.8, 4) is 17.1 Å². The van der Waals surface area contributed by atoms with Crippen LogP contribution in [0.4, 0.5) is 5.69 Å². The number of aryl methyl sites for hydroxylation is 1. The highest BCUT2D eigenvalue weighted by molar-refractivity contribution is 5.98. The molecule has 0 spiro atoms. The van der Waals surface area contributed by atoms with Crippen LogP contribution in [-0.2, 0) is 22.1 Å². The second kappa shape index (κ2) is 7.57. The Labute approximate surface area is 193 Å². The van der Waals surface area contributed by atoms with E-state index in [0.717, 1.165) is 33.5 Å². The molecule has 1 aromatic carbocycles. The van der Waals surface area contributed by atoms with Crippen LogP contribution in [0.2, 0.25) is 0 Å². The quantitative estimate of drug-likeness (QED) is 0.664. The van der Waals surface area contributed by atoms with Crippen LogP contribution in [0, 0.1) is 5.92 Å². The molecule has 1 saturated heterocycles. The largest absolute Gasteiger partial charge is 0.473 e. The summed E-state index contributed by atoms with van der Waals surface area (Å²) in [5.74, 6) is 0.752. The molecular formula is C25H29N5O3. The van der Waals surface area contributed by atoms with E-state index in [-0.39, 0.29) is 29.3 Å². The predicted octanol–water partition coefficient (Wildman–Crippen LogP) is 3.18. The average molecular weight is 448 g/mol. The van der Waals surface area contributed by atoms with Gasteiger partial charge < -0.3 is 19.5 Å². The number of nitrogens with one attached hydrogen (secondary N) is 1. The molecule has 2 aliphatic heterocycles. The molecule has 0 saturated carbocycles. The van der Waals surface area contributed by atoms with Crippen LogP contribution in [-0.4, -0.2) is 46.0 Å². The van der Waals surface area contributed by atoms with Crippen molar-refractivity contribution in [2.75, 3.05) is 18.5 Å². The zero-order valence-corrected chi connectivity index (χ0v) is 19.7. The van der Waals surface area contributed by atoms with Crippen LogP contribution < -0.4 is 15.0 Å². The highest BCUT2D eigenvalue weighted by Crippen LogP contribution is 2.42. The summed E-state index contributed by atoms with van der Waals surface area (Å²) in [7, 11) is 3.74. The van der Waals surface area contributed by atoms with Crippen LogP contribution in [0.25, 0.3) is 22.3 Å². The fraction of sp³-hybridized carbons (Fsp3) is 0.440. The van der Waals surface area contributed by atoms with Crippen LogP contribution in [0.3, 0.4) is 0 Å². The van der Waals surface area contributed by atoms with Gasteiger partial charge in [0, 0.05) is 56.1 Å². The Morgan fingerprint density at radius 1 is 1.21 bits per heavy atom. The molecule has 5 rings (SSSR count). The molecule has 3 aromatic rings. The third kappa shape index (κ3) is 3.63. The Balaban J connectivity index is 1.57. The molecule has 4 heterocycles. The van der Waals surface area contributed by atoms with Gasteiger partial charge >= 0.3 is 0 Å². The number of aromatic nitrogens is 3. The van der Waals surface area contributed by atoms with E-state index in [9.17, 15) is 9.59 Å². The topological polar surface area (TPSA) is 89.3 Å². The first-order valence-electron chi connectivity index (χ1n) is 11.3. The van der Waals surface area contributed by atoms with Crippen LogP contribution in [0.1, 0.15) is 39.2 Å². The zero-order valence-electron chi connectivity index (χ0n) is 19.7. The predicted molar refractivity (Wildman–Crippen MR) is 126 cm³/mol. The fourth-order valence-electron chi connectivity index (χ4n) is 4.87. The van der Waals surface area contributed by atoms with Gasteiger partial charge in [-0.05, 0) is 24.6 Å². The molecular weight excluding hydrogens is 418 g/mol. The van der Waals surface area contributed by atoms with Gasteiger partial charge in [-0.3, -0.25) is 9.59 Å². The molecule has 1 fully saturated rings. The first-order chi connectivity index (χ1) is 15.6. The molecule has 0 radical (unpaired) electrons. The normalized spacial score (nSPS) is 20.6. The molecule has 8 heteroatoms. The number of amides is 2. The lowest BCUT2D eigenvalue weighted by molar-refractivity contribution is -0.120. The highest BCUT2D eigenvalue weighted by Gasteiger charge is 2.35. The van der Waals surface area contributed by atoms with Crippen molar-refractivity contribution < 1.29 is 14.3 Å². The standard InChI is InChI=1S/C25H29N5O3/c1-14(16-9-21(31)26-12-16)33-24-23-19(27-13-29(23)4)10-18(28-24)15-6-7-17-20(8-15)30(5)22(32)11-25(17,2)3/h6-8,10,13-14,16H,9,11-12H2,1-5H3,(H,26,31)/t14-,16-/m1/s1. The molecule has 2 atom stereocenters. The van der Waals surface area contributed by atoms with E-state index in [0.29, 0.717) is 25.3 Å². The highest BCUT2D eigenvalue weighted by atomic mass is 16.5. The maximum atomic E-state index is 12.6. The third-order valence-electron chi connectivity index (χ3n) is 6.98. The number of nitrogens with zero attached hydrogens (tertiary/aromatic N) is 4. The van der Waals surface area contributed by atoms with Crippen molar-refractivity contribution in [2.45, 2.75) is 45.1 Å². The van der Waals surface area contributed by atoms with Gasteiger partial charge in [-0.15, -0.1) is 0 Å². The Bertz CT molecular complexity index is 1280. The molecule has 2 amide bonds. The Morgan fingerprint density at radius 2 is 2.00 bits per heavy atom. The smallest absolute Gasteiger partial charge is 0.241 e. The van der Waals surface area contributed by atoms with E-state index in [1.54, 1.807) is 11.2 Å². The summed E-state index contributed by atoms with van der Waals surface area (Å²) in [4.78, 5) is 35.4. The lowest BCUT2D eigenvalue weighted by atomic mass is 9.77. The van der Waals surface area contributed by atoms with Crippen molar-refractivity contribution in [3.63, 3.8) is 0 Å². The molecule has 2 aliphatic rings. The lowest BCUT2D eigenvalue weighted by Gasteiger charge is -2.37. The molecule has 1 N–H and O–H groups in total. The summed E-state index contributed by atoms with van der Waals surface area (Å²) >= 11 is 0. The summed E-state index contributed by atoms with van der Waals surface area (Å²) in [6.07, 6.45) is 2.51. The molecule has 33 heavy (non-hydrogen) atoms. The van der Waals surface area contributed by atoms with Gasteiger partial charge in [-0.2, -0.15) is 0 Å². The van der Waals surface area contributed by atoms with Gasteiger partial charge in [0.2, 0.25) is 17.7 Å². The van der Waals surface area contributed by atoms with Crippen molar-refractivity contribution in [3.05, 3.63) is 36.2 Å². The van der Waals surface area contributed by atoms with Crippen LogP contribution in [0.15, 0.2) is 30.6 Å². The minimum Gasteiger partial charge on any atom is -0.473 e. The number of pyridine rings is 1. The SMILES string of the molecule is C[C@@H](Oc1nc(-c2ccc3c(c2)N(C)C(=O)CC3(C)C)cc2ncn(C)c12)[C@H]1CNC(=O)C1. The summed E-state index contributed by atoms with van der Waals surface area (Å²) in [5.41, 5.74) is 5.07.